The van der Waals surface area contributed by atoms with Gasteiger partial charge in [0, 0.05) is 38.5 Å². The van der Waals surface area contributed by atoms with Gasteiger partial charge in [0.1, 0.15) is 0 Å². The van der Waals surface area contributed by atoms with Crippen LogP contribution in [0.4, 0.5) is 4.79 Å². The molecule has 0 radical (unpaired) electrons. The lowest BCUT2D eigenvalue weighted by Gasteiger charge is -2.31. The molecule has 7 nitrogen and oxygen atoms in total. The Morgan fingerprint density at radius 1 is 1.10 bits per heavy atom. The van der Waals surface area contributed by atoms with Gasteiger partial charge in [-0.05, 0) is 57.6 Å². The van der Waals surface area contributed by atoms with Gasteiger partial charge in [-0.3, -0.25) is 9.59 Å². The van der Waals surface area contributed by atoms with Crippen molar-refractivity contribution in [2.75, 3.05) is 26.2 Å². The number of ether oxygens (including phenoxy) is 1. The van der Waals surface area contributed by atoms with Gasteiger partial charge in [-0.25, -0.2) is 4.79 Å². The molecule has 2 rings (SSSR count). The average Bonchev–Trinajstić information content (AvgIpc) is 2.71. The molecule has 166 valence electrons. The molecule has 2 N–H and O–H groups in total. The number of nitrogens with zero attached hydrogens (tertiary/aromatic N) is 1. The molecule has 7 heteroatoms. The molecule has 1 fully saturated rings. The molecule has 1 aliphatic rings. The second kappa shape index (κ2) is 12.2. The monoisotopic (exact) mass is 417 g/mol. The van der Waals surface area contributed by atoms with Gasteiger partial charge in [0.15, 0.2) is 0 Å². The predicted molar refractivity (Wildman–Crippen MR) is 116 cm³/mol. The number of hydrogen-bond acceptors (Lipinski definition) is 4. The quantitative estimate of drug-likeness (QED) is 0.605. The van der Waals surface area contributed by atoms with Gasteiger partial charge < -0.3 is 20.3 Å². The number of aryl methyl sites for hydroxylation is 3. The summed E-state index contributed by atoms with van der Waals surface area (Å²) in [6.07, 6.45) is 3.37. The van der Waals surface area contributed by atoms with E-state index in [9.17, 15) is 14.4 Å². The van der Waals surface area contributed by atoms with Gasteiger partial charge in [-0.1, -0.05) is 23.8 Å². The maximum absolute atomic E-state index is 12.1. The number of benzene rings is 1. The first-order chi connectivity index (χ1) is 14.4. The summed E-state index contributed by atoms with van der Waals surface area (Å²) in [4.78, 5) is 37.5. The highest BCUT2D eigenvalue weighted by atomic mass is 16.6. The minimum atomic E-state index is -0.282. The molecule has 0 atom stereocenters. The minimum Gasteiger partial charge on any atom is -0.450 e. The van der Waals surface area contributed by atoms with Crippen molar-refractivity contribution in [3.8, 4) is 0 Å². The first kappa shape index (κ1) is 23.7. The highest BCUT2D eigenvalue weighted by molar-refractivity contribution is 5.77. The summed E-state index contributed by atoms with van der Waals surface area (Å²) < 4.78 is 5.00. The maximum Gasteiger partial charge on any atom is 0.409 e. The van der Waals surface area contributed by atoms with E-state index in [0.717, 1.165) is 19.3 Å². The fourth-order valence-electron chi connectivity index (χ4n) is 3.66. The molecule has 30 heavy (non-hydrogen) atoms. The standard InChI is InChI=1S/C23H35N3O4/c1-4-30-23(29)26-14-11-20(12-15-26)25-22(28)6-5-13-24-21(27)10-9-19-8-7-17(2)16-18(19)3/h7-8,16,20H,4-6,9-15H2,1-3H3,(H,24,27)(H,25,28). The number of likely N-dealkylation sites (tertiary alicyclic amines) is 1. The van der Waals surface area contributed by atoms with Crippen LogP contribution in [0.2, 0.25) is 0 Å². The summed E-state index contributed by atoms with van der Waals surface area (Å²) in [7, 11) is 0. The Hall–Kier alpha value is -2.57. The highest BCUT2D eigenvalue weighted by Crippen LogP contribution is 2.13. The van der Waals surface area contributed by atoms with Crippen LogP contribution in [-0.4, -0.2) is 55.1 Å². The van der Waals surface area contributed by atoms with Crippen LogP contribution in [0.25, 0.3) is 0 Å². The Morgan fingerprint density at radius 3 is 2.50 bits per heavy atom. The minimum absolute atomic E-state index is 0.00545. The van der Waals surface area contributed by atoms with Crippen LogP contribution in [0.15, 0.2) is 18.2 Å². The average molecular weight is 418 g/mol. The van der Waals surface area contributed by atoms with Gasteiger partial charge in [-0.15, -0.1) is 0 Å². The van der Waals surface area contributed by atoms with Gasteiger partial charge in [-0.2, -0.15) is 0 Å². The van der Waals surface area contributed by atoms with Crippen LogP contribution in [0, 0.1) is 13.8 Å². The number of amides is 3. The summed E-state index contributed by atoms with van der Waals surface area (Å²) >= 11 is 0. The maximum atomic E-state index is 12.1. The number of piperidine rings is 1. The summed E-state index contributed by atoms with van der Waals surface area (Å²) in [5, 5.41) is 5.92. The molecule has 0 aromatic heterocycles. The lowest BCUT2D eigenvalue weighted by molar-refractivity contribution is -0.123. The van der Waals surface area contributed by atoms with Crippen LogP contribution in [0.1, 0.15) is 55.7 Å². The Labute approximate surface area is 179 Å². The SMILES string of the molecule is CCOC(=O)N1CCC(NC(=O)CCCNC(=O)CCc2ccc(C)cc2C)CC1. The van der Waals surface area contributed by atoms with E-state index in [-0.39, 0.29) is 23.9 Å². The molecule has 0 unspecified atom stereocenters. The molecular weight excluding hydrogens is 382 g/mol. The van der Waals surface area contributed by atoms with Crippen LogP contribution in [-0.2, 0) is 20.7 Å². The van der Waals surface area contributed by atoms with Crippen molar-refractivity contribution >= 4 is 17.9 Å². The largest absolute Gasteiger partial charge is 0.450 e. The zero-order chi connectivity index (χ0) is 21.9. The van der Waals surface area contributed by atoms with Crippen LogP contribution in [0.3, 0.4) is 0 Å². The topological polar surface area (TPSA) is 87.7 Å². The number of nitrogens with one attached hydrogen (secondary N) is 2. The van der Waals surface area contributed by atoms with E-state index in [1.165, 1.54) is 16.7 Å². The second-order valence-corrected chi connectivity index (χ2v) is 7.91. The molecule has 0 spiro atoms. The van der Waals surface area contributed by atoms with Crippen molar-refractivity contribution in [1.82, 2.24) is 15.5 Å². The summed E-state index contributed by atoms with van der Waals surface area (Å²) in [5.41, 5.74) is 3.64. The Bertz CT molecular complexity index is 727. The Morgan fingerprint density at radius 2 is 1.83 bits per heavy atom. The van der Waals surface area contributed by atoms with Crippen LogP contribution < -0.4 is 10.6 Å². The fourth-order valence-corrected chi connectivity index (χ4v) is 3.66. The fraction of sp³-hybridized carbons (Fsp3) is 0.609. The Balaban J connectivity index is 1.55. The van der Waals surface area contributed by atoms with E-state index >= 15 is 0 Å². The first-order valence-corrected chi connectivity index (χ1v) is 10.9. The second-order valence-electron chi connectivity index (χ2n) is 7.91. The van der Waals surface area contributed by atoms with Crippen LogP contribution in [0.5, 0.6) is 0 Å². The van der Waals surface area contributed by atoms with Crippen molar-refractivity contribution in [3.05, 3.63) is 34.9 Å². The van der Waals surface area contributed by atoms with Gasteiger partial charge >= 0.3 is 6.09 Å². The van der Waals surface area contributed by atoms with Crippen molar-refractivity contribution < 1.29 is 19.1 Å². The number of rotatable bonds is 9. The molecule has 0 bridgehead atoms. The van der Waals surface area contributed by atoms with Crippen molar-refractivity contribution in [1.29, 1.82) is 0 Å². The van der Waals surface area contributed by atoms with Gasteiger partial charge in [0.2, 0.25) is 11.8 Å². The molecule has 0 aliphatic carbocycles. The summed E-state index contributed by atoms with van der Waals surface area (Å²) in [6, 6.07) is 6.38. The van der Waals surface area contributed by atoms with E-state index in [2.05, 4.69) is 42.7 Å². The zero-order valence-corrected chi connectivity index (χ0v) is 18.5. The van der Waals surface area contributed by atoms with Gasteiger partial charge in [0.05, 0.1) is 6.61 Å². The third-order valence-electron chi connectivity index (χ3n) is 5.41. The Kier molecular flexibility index (Phi) is 9.64. The number of hydrogen-bond donors (Lipinski definition) is 2. The van der Waals surface area contributed by atoms with Crippen molar-refractivity contribution in [2.45, 2.75) is 65.3 Å². The number of carbonyl (C=O) groups is 3. The molecule has 1 aliphatic heterocycles. The number of carbonyl (C=O) groups excluding carboxylic acids is 3. The molecule has 0 saturated carbocycles. The third kappa shape index (κ3) is 8.05. The van der Waals surface area contributed by atoms with E-state index < -0.39 is 0 Å². The van der Waals surface area contributed by atoms with E-state index in [4.69, 9.17) is 4.74 Å². The smallest absolute Gasteiger partial charge is 0.409 e. The normalized spacial score (nSPS) is 14.3. The van der Waals surface area contributed by atoms with E-state index in [1.807, 2.05) is 0 Å². The zero-order valence-electron chi connectivity index (χ0n) is 18.5. The first-order valence-electron chi connectivity index (χ1n) is 10.9. The van der Waals surface area contributed by atoms with Crippen LogP contribution >= 0.6 is 0 Å². The molecule has 1 heterocycles. The van der Waals surface area contributed by atoms with Crippen molar-refractivity contribution in [3.63, 3.8) is 0 Å². The van der Waals surface area contributed by atoms with Crippen molar-refractivity contribution in [2.24, 2.45) is 0 Å². The lowest BCUT2D eigenvalue weighted by atomic mass is 10.0. The van der Waals surface area contributed by atoms with E-state index in [1.54, 1.807) is 11.8 Å². The predicted octanol–water partition coefficient (Wildman–Crippen LogP) is 2.87. The molecule has 1 saturated heterocycles. The third-order valence-corrected chi connectivity index (χ3v) is 5.41. The van der Waals surface area contributed by atoms with Gasteiger partial charge in [0.25, 0.3) is 0 Å². The summed E-state index contributed by atoms with van der Waals surface area (Å²) in [5.74, 6) is 0.0100. The molecule has 1 aromatic carbocycles. The summed E-state index contributed by atoms with van der Waals surface area (Å²) in [6.45, 7) is 7.99. The molecule has 1 aromatic rings. The lowest BCUT2D eigenvalue weighted by Crippen LogP contribution is -2.46. The molecular formula is C23H35N3O4. The molecule has 3 amide bonds. The van der Waals surface area contributed by atoms with E-state index in [0.29, 0.717) is 45.5 Å². The highest BCUT2D eigenvalue weighted by Gasteiger charge is 2.24.